The van der Waals surface area contributed by atoms with Gasteiger partial charge in [-0.2, -0.15) is 0 Å². The second-order valence-electron chi connectivity index (χ2n) is 8.21. The van der Waals surface area contributed by atoms with Gasteiger partial charge in [-0.3, -0.25) is 14.5 Å². The van der Waals surface area contributed by atoms with Gasteiger partial charge in [-0.25, -0.2) is 9.78 Å². The number of ketones is 1. The maximum absolute atomic E-state index is 13.4. The number of nitrogens with zero attached hydrogens (tertiary/aromatic N) is 2. The Morgan fingerprint density at radius 2 is 2.00 bits per heavy atom. The first-order chi connectivity index (χ1) is 17.7. The van der Waals surface area contributed by atoms with Gasteiger partial charge < -0.3 is 14.6 Å². The molecule has 1 saturated heterocycles. The van der Waals surface area contributed by atoms with Crippen molar-refractivity contribution in [3.05, 3.63) is 92.4 Å². The van der Waals surface area contributed by atoms with E-state index in [1.54, 1.807) is 43.3 Å². The average Bonchev–Trinajstić information content (AvgIpc) is 3.38. The van der Waals surface area contributed by atoms with Crippen molar-refractivity contribution >= 4 is 55.8 Å². The Hall–Kier alpha value is -3.76. The monoisotopic (exact) mass is 582 g/mol. The molecule has 1 fully saturated rings. The maximum Gasteiger partial charge on any atom is 0.350 e. The van der Waals surface area contributed by atoms with Crippen molar-refractivity contribution in [2.75, 3.05) is 18.6 Å². The van der Waals surface area contributed by atoms with Gasteiger partial charge in [0, 0.05) is 10.0 Å². The van der Waals surface area contributed by atoms with Gasteiger partial charge in [-0.1, -0.05) is 52.1 Å². The van der Waals surface area contributed by atoms with Crippen LogP contribution in [0.25, 0.3) is 5.76 Å². The number of hydrogen-bond acceptors (Lipinski definition) is 8. The molecule has 1 N–H and O–H groups in total. The summed E-state index contributed by atoms with van der Waals surface area (Å²) in [5.41, 5.74) is 1.95. The van der Waals surface area contributed by atoms with Crippen molar-refractivity contribution in [3.8, 4) is 5.75 Å². The topological polar surface area (TPSA) is 106 Å². The van der Waals surface area contributed by atoms with E-state index in [-0.39, 0.29) is 27.9 Å². The molecule has 0 saturated carbocycles. The molecular weight excluding hydrogens is 560 g/mol. The summed E-state index contributed by atoms with van der Waals surface area (Å²) < 4.78 is 11.2. The van der Waals surface area contributed by atoms with Crippen LogP contribution in [0.4, 0.5) is 5.13 Å². The lowest BCUT2D eigenvalue weighted by Crippen LogP contribution is -2.29. The van der Waals surface area contributed by atoms with Crippen molar-refractivity contribution in [1.82, 2.24) is 4.98 Å². The molecule has 190 valence electrons. The molecule has 1 aliphatic heterocycles. The lowest BCUT2D eigenvalue weighted by atomic mass is 9.95. The number of benzene rings is 2. The largest absolute Gasteiger partial charge is 0.507 e. The summed E-state index contributed by atoms with van der Waals surface area (Å²) in [6.45, 7) is 6.99. The molecule has 2 aromatic carbocycles. The van der Waals surface area contributed by atoms with Crippen LogP contribution in [0, 0.1) is 13.8 Å². The lowest BCUT2D eigenvalue weighted by molar-refractivity contribution is -0.132. The van der Waals surface area contributed by atoms with Crippen molar-refractivity contribution < 1.29 is 29.0 Å². The molecule has 4 rings (SSSR count). The van der Waals surface area contributed by atoms with Gasteiger partial charge >= 0.3 is 11.9 Å². The zero-order valence-corrected chi connectivity index (χ0v) is 22.7. The van der Waals surface area contributed by atoms with Crippen LogP contribution in [-0.2, 0) is 14.3 Å². The molecule has 0 aliphatic carbocycles. The number of carbonyl (C=O) groups excluding carboxylic acids is 3. The molecule has 2 heterocycles. The van der Waals surface area contributed by atoms with E-state index in [0.29, 0.717) is 22.6 Å². The Bertz CT molecular complexity index is 1460. The molecule has 0 radical (unpaired) electrons. The van der Waals surface area contributed by atoms with E-state index in [2.05, 4.69) is 27.5 Å². The minimum Gasteiger partial charge on any atom is -0.507 e. The van der Waals surface area contributed by atoms with Gasteiger partial charge in [0.2, 0.25) is 0 Å². The van der Waals surface area contributed by atoms with E-state index in [1.165, 1.54) is 18.1 Å². The molecule has 1 amide bonds. The third kappa shape index (κ3) is 4.94. The summed E-state index contributed by atoms with van der Waals surface area (Å²) in [6.07, 6.45) is 1.45. The summed E-state index contributed by atoms with van der Waals surface area (Å²) >= 11 is 4.38. The molecule has 1 aliphatic rings. The number of aliphatic hydroxyl groups is 1. The third-order valence-electron chi connectivity index (χ3n) is 5.79. The smallest absolute Gasteiger partial charge is 0.350 e. The Kier molecular flexibility index (Phi) is 7.60. The van der Waals surface area contributed by atoms with Gasteiger partial charge in [0.25, 0.3) is 5.78 Å². The van der Waals surface area contributed by atoms with E-state index in [9.17, 15) is 19.5 Å². The van der Waals surface area contributed by atoms with E-state index in [4.69, 9.17) is 9.47 Å². The van der Waals surface area contributed by atoms with Crippen molar-refractivity contribution in [1.29, 1.82) is 0 Å². The first-order valence-electron chi connectivity index (χ1n) is 11.1. The highest BCUT2D eigenvalue weighted by molar-refractivity contribution is 9.10. The molecule has 37 heavy (non-hydrogen) atoms. The molecule has 10 heteroatoms. The lowest BCUT2D eigenvalue weighted by Gasteiger charge is -2.23. The van der Waals surface area contributed by atoms with Crippen molar-refractivity contribution in [2.45, 2.75) is 19.9 Å². The van der Waals surface area contributed by atoms with E-state index < -0.39 is 23.7 Å². The maximum atomic E-state index is 13.4. The summed E-state index contributed by atoms with van der Waals surface area (Å²) in [5, 5.41) is 11.5. The number of aromatic nitrogens is 1. The van der Waals surface area contributed by atoms with Crippen molar-refractivity contribution in [3.63, 3.8) is 0 Å². The molecule has 1 aromatic heterocycles. The molecule has 8 nitrogen and oxygen atoms in total. The van der Waals surface area contributed by atoms with Crippen LogP contribution >= 0.6 is 27.3 Å². The SMILES string of the molecule is C=CCOC(=O)c1sc(N2C(=O)C(=O)C(=C(O)c3ccc(OC)c(C)c3)[C@@H]2c2cccc(Br)c2)nc1C. The highest BCUT2D eigenvalue weighted by Gasteiger charge is 2.48. The van der Waals surface area contributed by atoms with Crippen LogP contribution < -0.4 is 9.64 Å². The van der Waals surface area contributed by atoms with Gasteiger partial charge in [-0.05, 0) is 55.3 Å². The number of carbonyl (C=O) groups is 3. The fraction of sp³-hybridized carbons (Fsp3) is 0.185. The number of esters is 1. The minimum absolute atomic E-state index is 0.0232. The number of aliphatic hydroxyl groups excluding tert-OH is 1. The first kappa shape index (κ1) is 26.3. The van der Waals surface area contributed by atoms with Crippen LogP contribution in [0.3, 0.4) is 0 Å². The Morgan fingerprint density at radius 1 is 1.24 bits per heavy atom. The highest BCUT2D eigenvalue weighted by atomic mass is 79.9. The molecule has 0 unspecified atom stereocenters. The van der Waals surface area contributed by atoms with Crippen LogP contribution in [0.5, 0.6) is 5.75 Å². The third-order valence-corrected chi connectivity index (χ3v) is 7.42. The molecule has 0 spiro atoms. The number of methoxy groups -OCH3 is 1. The molecule has 3 aromatic rings. The van der Waals surface area contributed by atoms with Crippen molar-refractivity contribution in [2.24, 2.45) is 0 Å². The van der Waals surface area contributed by atoms with E-state index in [0.717, 1.165) is 21.4 Å². The van der Waals surface area contributed by atoms with E-state index in [1.807, 2.05) is 13.0 Å². The zero-order chi connectivity index (χ0) is 26.9. The predicted molar refractivity (Wildman–Crippen MR) is 144 cm³/mol. The summed E-state index contributed by atoms with van der Waals surface area (Å²) in [6, 6.07) is 11.1. The molecule has 0 bridgehead atoms. The Balaban J connectivity index is 1.89. The summed E-state index contributed by atoms with van der Waals surface area (Å²) in [7, 11) is 1.54. The number of amides is 1. The molecule has 1 atom stereocenters. The predicted octanol–water partition coefficient (Wildman–Crippen LogP) is 5.50. The number of aryl methyl sites for hydroxylation is 2. The van der Waals surface area contributed by atoms with Crippen LogP contribution in [0.15, 0.2) is 65.2 Å². The van der Waals surface area contributed by atoms with Crippen LogP contribution in [0.2, 0.25) is 0 Å². The number of halogens is 1. The Labute approximate surface area is 226 Å². The number of thiazole rings is 1. The minimum atomic E-state index is -0.984. The highest BCUT2D eigenvalue weighted by Crippen LogP contribution is 2.44. The normalized spacial score (nSPS) is 16.6. The number of ether oxygens (including phenoxy) is 2. The van der Waals surface area contributed by atoms with Gasteiger partial charge in [0.1, 0.15) is 23.0 Å². The van der Waals surface area contributed by atoms with Crippen LogP contribution in [0.1, 0.15) is 38.1 Å². The first-order valence-corrected chi connectivity index (χ1v) is 12.8. The zero-order valence-electron chi connectivity index (χ0n) is 20.3. The van der Waals surface area contributed by atoms with E-state index >= 15 is 0 Å². The number of rotatable bonds is 7. The Morgan fingerprint density at radius 3 is 2.65 bits per heavy atom. The quantitative estimate of drug-likeness (QED) is 0.129. The fourth-order valence-electron chi connectivity index (χ4n) is 4.08. The van der Waals surface area contributed by atoms with Gasteiger partial charge in [0.05, 0.1) is 24.4 Å². The number of hydrogen-bond donors (Lipinski definition) is 1. The molecular formula is C27H23BrN2O6S. The standard InChI is InChI=1S/C27H23BrN2O6S/c1-5-11-36-26(34)24-15(3)29-27(37-24)30-21(16-7-6-8-18(28)13-16)20(23(32)25(30)33)22(31)17-9-10-19(35-4)14(2)12-17/h5-10,12-13,21,31H,1,11H2,2-4H3/t21-/m0/s1. The summed E-state index contributed by atoms with van der Waals surface area (Å²) in [5.74, 6) is -2.04. The van der Waals surface area contributed by atoms with Gasteiger partial charge in [0.15, 0.2) is 5.13 Å². The number of Topliss-reactive ketones (excluding diaryl/α,β-unsaturated/α-hetero) is 1. The van der Waals surface area contributed by atoms with Gasteiger partial charge in [-0.15, -0.1) is 0 Å². The van der Waals surface area contributed by atoms with Crippen LogP contribution in [-0.4, -0.2) is 41.5 Å². The summed E-state index contributed by atoms with van der Waals surface area (Å²) in [4.78, 5) is 45.1. The second-order valence-corrected chi connectivity index (χ2v) is 10.1. The number of anilines is 1. The second kappa shape index (κ2) is 10.7. The fourth-order valence-corrected chi connectivity index (χ4v) is 5.48. The average molecular weight is 583 g/mol.